The Balaban J connectivity index is 1.41. The molecule has 0 aliphatic rings. The Morgan fingerprint density at radius 3 is 1.94 bits per heavy atom. The zero-order chi connectivity index (χ0) is 22.6. The number of benzene rings is 2. The molecule has 0 aliphatic carbocycles. The molecule has 0 amide bonds. The van der Waals surface area contributed by atoms with Gasteiger partial charge in [-0.05, 0) is 87.7 Å². The number of esters is 1. The number of unbranched alkanes of at least 4 members (excludes halogenated alkanes) is 1. The number of rotatable bonds is 9. The SMILES string of the molecule is CC(C)(C)OC(=O)CCCCN(Cc1ccc2occc2c1)Cc1ccc2occc2c1. The van der Waals surface area contributed by atoms with E-state index in [1.54, 1.807) is 12.5 Å². The number of nitrogens with zero attached hydrogens (tertiary/aromatic N) is 1. The topological polar surface area (TPSA) is 55.8 Å². The fraction of sp³-hybridized carbons (Fsp3) is 0.370. The smallest absolute Gasteiger partial charge is 0.306 e. The van der Waals surface area contributed by atoms with Crippen molar-refractivity contribution >= 4 is 27.9 Å². The Bertz CT molecular complexity index is 1110. The van der Waals surface area contributed by atoms with Crippen LogP contribution in [-0.2, 0) is 22.6 Å². The van der Waals surface area contributed by atoms with Crippen LogP contribution in [0, 0.1) is 0 Å². The number of carbonyl (C=O) groups excluding carboxylic acids is 1. The highest BCUT2D eigenvalue weighted by molar-refractivity contribution is 5.78. The fourth-order valence-electron chi connectivity index (χ4n) is 3.96. The van der Waals surface area contributed by atoms with Crippen molar-refractivity contribution in [2.45, 2.75) is 58.7 Å². The Kier molecular flexibility index (Phi) is 6.66. The van der Waals surface area contributed by atoms with Crippen molar-refractivity contribution in [1.29, 1.82) is 0 Å². The second-order valence-corrected chi connectivity index (χ2v) is 9.34. The van der Waals surface area contributed by atoms with E-state index in [2.05, 4.69) is 29.2 Å². The highest BCUT2D eigenvalue weighted by Gasteiger charge is 2.16. The molecule has 2 aromatic heterocycles. The van der Waals surface area contributed by atoms with Crippen LogP contribution in [0.4, 0.5) is 0 Å². The minimum absolute atomic E-state index is 0.125. The number of furan rings is 2. The number of hydrogen-bond acceptors (Lipinski definition) is 5. The van der Waals surface area contributed by atoms with E-state index in [-0.39, 0.29) is 5.97 Å². The second kappa shape index (κ2) is 9.61. The average Bonchev–Trinajstić information content (AvgIpc) is 3.38. The molecule has 0 radical (unpaired) electrons. The molecule has 0 aliphatic heterocycles. The number of hydrogen-bond donors (Lipinski definition) is 0. The molecule has 0 saturated heterocycles. The lowest BCUT2D eigenvalue weighted by molar-refractivity contribution is -0.154. The maximum atomic E-state index is 12.0. The van der Waals surface area contributed by atoms with Gasteiger partial charge in [-0.25, -0.2) is 0 Å². The van der Waals surface area contributed by atoms with Gasteiger partial charge in [-0.3, -0.25) is 9.69 Å². The van der Waals surface area contributed by atoms with Crippen LogP contribution >= 0.6 is 0 Å². The highest BCUT2D eigenvalue weighted by Crippen LogP contribution is 2.21. The van der Waals surface area contributed by atoms with Crippen LogP contribution in [0.15, 0.2) is 69.9 Å². The molecule has 0 saturated carbocycles. The molecule has 0 bridgehead atoms. The molecule has 2 aromatic carbocycles. The summed E-state index contributed by atoms with van der Waals surface area (Å²) in [4.78, 5) is 14.5. The number of fused-ring (bicyclic) bond motifs is 2. The molecular weight excluding hydrogens is 402 g/mol. The lowest BCUT2D eigenvalue weighted by Crippen LogP contribution is -2.25. The first-order chi connectivity index (χ1) is 15.4. The van der Waals surface area contributed by atoms with Crippen molar-refractivity contribution < 1.29 is 18.4 Å². The molecule has 2 heterocycles. The summed E-state index contributed by atoms with van der Waals surface area (Å²) in [5.41, 5.74) is 3.87. The van der Waals surface area contributed by atoms with Gasteiger partial charge in [0.25, 0.3) is 0 Å². The molecule has 0 atom stereocenters. The summed E-state index contributed by atoms with van der Waals surface area (Å²) in [6.07, 6.45) is 5.65. The molecule has 168 valence electrons. The number of ether oxygens (including phenoxy) is 1. The molecule has 4 aromatic rings. The zero-order valence-electron chi connectivity index (χ0n) is 19.1. The molecule has 5 heteroatoms. The fourth-order valence-corrected chi connectivity index (χ4v) is 3.96. The van der Waals surface area contributed by atoms with Crippen LogP contribution in [-0.4, -0.2) is 23.0 Å². The van der Waals surface area contributed by atoms with Crippen LogP contribution in [0.3, 0.4) is 0 Å². The van der Waals surface area contributed by atoms with Gasteiger partial charge in [0.15, 0.2) is 0 Å². The first kappa shape index (κ1) is 22.2. The van der Waals surface area contributed by atoms with Crippen LogP contribution in [0.2, 0.25) is 0 Å². The van der Waals surface area contributed by atoms with E-state index >= 15 is 0 Å². The van der Waals surface area contributed by atoms with E-state index in [1.165, 1.54) is 11.1 Å². The van der Waals surface area contributed by atoms with Crippen molar-refractivity contribution in [2.24, 2.45) is 0 Å². The Morgan fingerprint density at radius 1 is 0.844 bits per heavy atom. The summed E-state index contributed by atoms with van der Waals surface area (Å²) in [6, 6.07) is 16.7. The van der Waals surface area contributed by atoms with Crippen molar-refractivity contribution in [2.75, 3.05) is 6.54 Å². The molecule has 32 heavy (non-hydrogen) atoms. The van der Waals surface area contributed by atoms with Crippen LogP contribution in [0.25, 0.3) is 21.9 Å². The summed E-state index contributed by atoms with van der Waals surface area (Å²) in [7, 11) is 0. The summed E-state index contributed by atoms with van der Waals surface area (Å²) in [6.45, 7) is 8.27. The van der Waals surface area contributed by atoms with Gasteiger partial charge in [-0.1, -0.05) is 12.1 Å². The van der Waals surface area contributed by atoms with Gasteiger partial charge in [-0.15, -0.1) is 0 Å². The normalized spacial score (nSPS) is 12.1. The summed E-state index contributed by atoms with van der Waals surface area (Å²) in [5.74, 6) is -0.125. The quantitative estimate of drug-likeness (QED) is 0.217. The predicted octanol–water partition coefficient (Wildman–Crippen LogP) is 6.69. The van der Waals surface area contributed by atoms with Gasteiger partial charge in [0, 0.05) is 30.3 Å². The molecule has 0 spiro atoms. The van der Waals surface area contributed by atoms with E-state index in [0.717, 1.165) is 54.4 Å². The van der Waals surface area contributed by atoms with E-state index in [1.807, 2.05) is 45.0 Å². The Morgan fingerprint density at radius 2 is 1.41 bits per heavy atom. The van der Waals surface area contributed by atoms with E-state index in [0.29, 0.717) is 6.42 Å². The summed E-state index contributed by atoms with van der Waals surface area (Å²) < 4.78 is 16.4. The first-order valence-electron chi connectivity index (χ1n) is 11.2. The van der Waals surface area contributed by atoms with Gasteiger partial charge < -0.3 is 13.6 Å². The van der Waals surface area contributed by atoms with Crippen molar-refractivity contribution in [3.05, 3.63) is 72.2 Å². The third-order valence-electron chi connectivity index (χ3n) is 5.37. The molecular formula is C27H31NO4. The lowest BCUT2D eigenvalue weighted by atomic mass is 10.1. The van der Waals surface area contributed by atoms with Gasteiger partial charge in [0.1, 0.15) is 16.8 Å². The van der Waals surface area contributed by atoms with Crippen LogP contribution in [0.1, 0.15) is 51.2 Å². The lowest BCUT2D eigenvalue weighted by Gasteiger charge is -2.23. The highest BCUT2D eigenvalue weighted by atomic mass is 16.6. The minimum Gasteiger partial charge on any atom is -0.464 e. The average molecular weight is 434 g/mol. The largest absolute Gasteiger partial charge is 0.464 e. The van der Waals surface area contributed by atoms with Gasteiger partial charge in [-0.2, -0.15) is 0 Å². The van der Waals surface area contributed by atoms with E-state index < -0.39 is 5.60 Å². The monoisotopic (exact) mass is 433 g/mol. The molecule has 0 unspecified atom stereocenters. The van der Waals surface area contributed by atoms with Crippen molar-refractivity contribution in [1.82, 2.24) is 4.90 Å². The van der Waals surface area contributed by atoms with Crippen molar-refractivity contribution in [3.63, 3.8) is 0 Å². The third-order valence-corrected chi connectivity index (χ3v) is 5.37. The summed E-state index contributed by atoms with van der Waals surface area (Å²) >= 11 is 0. The summed E-state index contributed by atoms with van der Waals surface area (Å²) in [5, 5.41) is 2.24. The third kappa shape index (κ3) is 6.01. The van der Waals surface area contributed by atoms with Gasteiger partial charge in [0.2, 0.25) is 0 Å². The molecule has 0 N–H and O–H groups in total. The Hall–Kier alpha value is -3.05. The molecule has 5 nitrogen and oxygen atoms in total. The minimum atomic E-state index is -0.430. The standard InChI is InChI=1S/C27H31NO4/c1-27(2,3)32-26(29)6-4-5-13-28(18-20-7-9-24-22(16-20)11-14-30-24)19-21-8-10-25-23(17-21)12-15-31-25/h7-12,14-17H,4-6,13,18-19H2,1-3H3. The predicted molar refractivity (Wildman–Crippen MR) is 126 cm³/mol. The van der Waals surface area contributed by atoms with Gasteiger partial charge >= 0.3 is 5.97 Å². The van der Waals surface area contributed by atoms with Crippen LogP contribution < -0.4 is 0 Å². The molecule has 0 fully saturated rings. The number of carbonyl (C=O) groups is 1. The first-order valence-corrected chi connectivity index (χ1v) is 11.2. The zero-order valence-corrected chi connectivity index (χ0v) is 19.1. The van der Waals surface area contributed by atoms with Crippen molar-refractivity contribution in [3.8, 4) is 0 Å². The molecule has 4 rings (SSSR count). The van der Waals surface area contributed by atoms with E-state index in [9.17, 15) is 4.79 Å². The maximum Gasteiger partial charge on any atom is 0.306 e. The Labute approximate surface area is 188 Å². The second-order valence-electron chi connectivity index (χ2n) is 9.34. The van der Waals surface area contributed by atoms with E-state index in [4.69, 9.17) is 13.6 Å². The maximum absolute atomic E-state index is 12.0. The van der Waals surface area contributed by atoms with Crippen LogP contribution in [0.5, 0.6) is 0 Å². The van der Waals surface area contributed by atoms with Gasteiger partial charge in [0.05, 0.1) is 12.5 Å².